The summed E-state index contributed by atoms with van der Waals surface area (Å²) in [5, 5.41) is 12.7. The van der Waals surface area contributed by atoms with Crippen molar-refractivity contribution in [1.29, 1.82) is 0 Å². The van der Waals surface area contributed by atoms with E-state index in [1.54, 1.807) is 26.4 Å². The van der Waals surface area contributed by atoms with Crippen molar-refractivity contribution in [3.63, 3.8) is 0 Å². The summed E-state index contributed by atoms with van der Waals surface area (Å²) in [6, 6.07) is 1.56. The number of anilines is 1. The molecular weight excluding hydrogens is 322 g/mol. The molecular formula is C17H21N5O3. The molecule has 0 aromatic carbocycles. The third kappa shape index (κ3) is 3.69. The Balaban J connectivity index is 1.85. The number of hydrogen-bond acceptors (Lipinski definition) is 7. The average Bonchev–Trinajstić information content (AvgIpc) is 2.57. The molecule has 0 bridgehead atoms. The summed E-state index contributed by atoms with van der Waals surface area (Å²) in [4.78, 5) is 24.8. The number of methoxy groups -OCH3 is 1. The Labute approximate surface area is 145 Å². The van der Waals surface area contributed by atoms with Crippen molar-refractivity contribution in [2.75, 3.05) is 12.8 Å². The molecule has 25 heavy (non-hydrogen) atoms. The van der Waals surface area contributed by atoms with Crippen LogP contribution in [0.25, 0.3) is 0 Å². The lowest BCUT2D eigenvalue weighted by Gasteiger charge is -2.38. The molecule has 0 unspecified atom stereocenters. The van der Waals surface area contributed by atoms with Crippen LogP contribution in [0.2, 0.25) is 0 Å². The van der Waals surface area contributed by atoms with Crippen LogP contribution >= 0.6 is 0 Å². The Morgan fingerprint density at radius 2 is 2.16 bits per heavy atom. The summed E-state index contributed by atoms with van der Waals surface area (Å²) in [6.07, 6.45) is 5.65. The van der Waals surface area contributed by atoms with Gasteiger partial charge in [-0.25, -0.2) is 9.97 Å². The molecule has 0 spiro atoms. The highest BCUT2D eigenvalue weighted by Crippen LogP contribution is 2.38. The number of nitrogen functional groups attached to an aromatic ring is 1. The number of carbonyl (C=O) groups excluding carboxylic acids is 1. The Kier molecular flexibility index (Phi) is 4.80. The van der Waals surface area contributed by atoms with E-state index in [0.29, 0.717) is 29.8 Å². The van der Waals surface area contributed by atoms with E-state index in [0.717, 1.165) is 5.56 Å². The zero-order chi connectivity index (χ0) is 18.0. The van der Waals surface area contributed by atoms with E-state index < -0.39 is 0 Å². The number of nitrogens with one attached hydrogen (secondary N) is 1. The number of nitrogens with zero attached hydrogens (tertiary/aromatic N) is 3. The molecule has 2 aromatic heterocycles. The topological polar surface area (TPSA) is 123 Å². The first-order valence-corrected chi connectivity index (χ1v) is 8.05. The lowest BCUT2D eigenvalue weighted by Crippen LogP contribution is -2.41. The summed E-state index contributed by atoms with van der Waals surface area (Å²) in [5.74, 6) is 0.586. The molecule has 1 fully saturated rings. The number of hydrogen-bond donors (Lipinski definition) is 3. The predicted octanol–water partition coefficient (Wildman–Crippen LogP) is 1.01. The zero-order valence-electron chi connectivity index (χ0n) is 14.1. The number of amides is 1. The largest absolute Gasteiger partial charge is 0.495 e. The highest BCUT2D eigenvalue weighted by Gasteiger charge is 2.36. The lowest BCUT2D eigenvalue weighted by atomic mass is 9.75. The number of aliphatic hydroxyl groups excluding tert-OH is 1. The number of aromatic nitrogens is 3. The SMILES string of the molecule is COc1cncc([C@H](NC(=O)c2cnc(N)nc2C)C2CC(O)C2)c1. The predicted molar refractivity (Wildman–Crippen MR) is 90.9 cm³/mol. The third-order valence-electron chi connectivity index (χ3n) is 4.48. The van der Waals surface area contributed by atoms with Gasteiger partial charge in [-0.3, -0.25) is 9.78 Å². The van der Waals surface area contributed by atoms with Gasteiger partial charge in [-0.05, 0) is 37.3 Å². The van der Waals surface area contributed by atoms with E-state index in [1.165, 1.54) is 6.20 Å². The molecule has 2 heterocycles. The second-order valence-electron chi connectivity index (χ2n) is 6.22. The van der Waals surface area contributed by atoms with Gasteiger partial charge >= 0.3 is 0 Å². The number of carbonyl (C=O) groups is 1. The Bertz CT molecular complexity index is 777. The quantitative estimate of drug-likeness (QED) is 0.740. The molecule has 0 saturated heterocycles. The normalized spacial score (nSPS) is 20.4. The second kappa shape index (κ2) is 7.02. The van der Waals surface area contributed by atoms with Gasteiger partial charge in [0.2, 0.25) is 5.95 Å². The summed E-state index contributed by atoms with van der Waals surface area (Å²) in [7, 11) is 1.57. The highest BCUT2D eigenvalue weighted by molar-refractivity contribution is 5.95. The average molecular weight is 343 g/mol. The van der Waals surface area contributed by atoms with E-state index in [1.807, 2.05) is 6.07 Å². The van der Waals surface area contributed by atoms with Gasteiger partial charge in [0.05, 0.1) is 36.7 Å². The van der Waals surface area contributed by atoms with Crippen molar-refractivity contribution >= 4 is 11.9 Å². The lowest BCUT2D eigenvalue weighted by molar-refractivity contribution is 0.0234. The number of rotatable bonds is 5. The van der Waals surface area contributed by atoms with Gasteiger partial charge in [-0.1, -0.05) is 0 Å². The maximum atomic E-state index is 12.7. The van der Waals surface area contributed by atoms with Crippen LogP contribution in [-0.2, 0) is 0 Å². The maximum absolute atomic E-state index is 12.7. The monoisotopic (exact) mass is 343 g/mol. The van der Waals surface area contributed by atoms with Crippen molar-refractivity contribution in [3.8, 4) is 5.75 Å². The number of ether oxygens (including phenoxy) is 1. The summed E-state index contributed by atoms with van der Waals surface area (Å²) in [5.41, 5.74) is 7.26. The fourth-order valence-electron chi connectivity index (χ4n) is 3.02. The van der Waals surface area contributed by atoms with Crippen LogP contribution in [0.5, 0.6) is 5.75 Å². The van der Waals surface area contributed by atoms with Crippen LogP contribution in [0, 0.1) is 12.8 Å². The maximum Gasteiger partial charge on any atom is 0.255 e. The Hall–Kier alpha value is -2.74. The third-order valence-corrected chi connectivity index (χ3v) is 4.48. The molecule has 1 atom stereocenters. The van der Waals surface area contributed by atoms with Crippen LogP contribution in [0.15, 0.2) is 24.7 Å². The molecule has 3 rings (SSSR count). The van der Waals surface area contributed by atoms with Crippen molar-refractivity contribution in [3.05, 3.63) is 41.5 Å². The van der Waals surface area contributed by atoms with Crippen molar-refractivity contribution in [2.24, 2.45) is 5.92 Å². The van der Waals surface area contributed by atoms with Crippen LogP contribution in [0.3, 0.4) is 0 Å². The molecule has 4 N–H and O–H groups in total. The van der Waals surface area contributed by atoms with E-state index >= 15 is 0 Å². The minimum absolute atomic E-state index is 0.128. The Morgan fingerprint density at radius 1 is 1.40 bits per heavy atom. The summed E-state index contributed by atoms with van der Waals surface area (Å²) >= 11 is 0. The first-order chi connectivity index (χ1) is 12.0. The highest BCUT2D eigenvalue weighted by atomic mass is 16.5. The molecule has 0 aliphatic heterocycles. The van der Waals surface area contributed by atoms with Crippen molar-refractivity contribution in [2.45, 2.75) is 31.9 Å². The molecule has 1 aliphatic carbocycles. The molecule has 8 heteroatoms. The minimum Gasteiger partial charge on any atom is -0.495 e. The fourth-order valence-corrected chi connectivity index (χ4v) is 3.02. The van der Waals surface area contributed by atoms with E-state index in [4.69, 9.17) is 10.5 Å². The van der Waals surface area contributed by atoms with Crippen molar-refractivity contribution in [1.82, 2.24) is 20.3 Å². The molecule has 1 saturated carbocycles. The van der Waals surface area contributed by atoms with Gasteiger partial charge in [-0.15, -0.1) is 0 Å². The first-order valence-electron chi connectivity index (χ1n) is 8.05. The van der Waals surface area contributed by atoms with Crippen LogP contribution < -0.4 is 15.8 Å². The first kappa shape index (κ1) is 17.1. The smallest absolute Gasteiger partial charge is 0.255 e. The molecule has 132 valence electrons. The number of nitrogens with two attached hydrogens (primary N) is 1. The van der Waals surface area contributed by atoms with E-state index in [9.17, 15) is 9.90 Å². The van der Waals surface area contributed by atoms with Gasteiger partial charge in [-0.2, -0.15) is 0 Å². The summed E-state index contributed by atoms with van der Waals surface area (Å²) < 4.78 is 5.22. The van der Waals surface area contributed by atoms with Crippen LogP contribution in [-0.4, -0.2) is 39.2 Å². The Morgan fingerprint density at radius 3 is 2.80 bits per heavy atom. The van der Waals surface area contributed by atoms with Gasteiger partial charge in [0.1, 0.15) is 5.75 Å². The zero-order valence-corrected chi connectivity index (χ0v) is 14.1. The second-order valence-corrected chi connectivity index (χ2v) is 6.22. The molecule has 1 aliphatic rings. The van der Waals surface area contributed by atoms with Gasteiger partial charge in [0.25, 0.3) is 5.91 Å². The van der Waals surface area contributed by atoms with Crippen LogP contribution in [0.1, 0.15) is 40.5 Å². The fraction of sp³-hybridized carbons (Fsp3) is 0.412. The molecule has 8 nitrogen and oxygen atoms in total. The summed E-state index contributed by atoms with van der Waals surface area (Å²) in [6.45, 7) is 1.71. The molecule has 0 radical (unpaired) electrons. The number of pyridine rings is 1. The van der Waals surface area contributed by atoms with Gasteiger partial charge < -0.3 is 20.9 Å². The molecule has 1 amide bonds. The number of aryl methyl sites for hydroxylation is 1. The standard InChI is InChI=1S/C17H21N5O3/c1-9-14(8-20-17(18)21-9)16(24)22-15(10-3-12(23)4-10)11-5-13(25-2)7-19-6-11/h5-8,10,12,15,23H,3-4H2,1-2H3,(H,22,24)(H2,18,20,21)/t10?,12?,15-/m1/s1. The minimum atomic E-state index is -0.329. The van der Waals surface area contributed by atoms with Crippen LogP contribution in [0.4, 0.5) is 5.95 Å². The van der Waals surface area contributed by atoms with E-state index in [2.05, 4.69) is 20.3 Å². The van der Waals surface area contributed by atoms with E-state index in [-0.39, 0.29) is 29.9 Å². The number of aliphatic hydroxyl groups is 1. The van der Waals surface area contributed by atoms with Gasteiger partial charge in [0, 0.05) is 12.4 Å². The molecule has 2 aromatic rings. The van der Waals surface area contributed by atoms with Gasteiger partial charge in [0.15, 0.2) is 0 Å². The van der Waals surface area contributed by atoms with Crippen molar-refractivity contribution < 1.29 is 14.6 Å².